The van der Waals surface area contributed by atoms with Gasteiger partial charge in [-0.2, -0.15) is 5.10 Å². The number of thioether (sulfide) groups is 1. The first kappa shape index (κ1) is 15.1. The summed E-state index contributed by atoms with van der Waals surface area (Å²) in [7, 11) is 1.95. The van der Waals surface area contributed by atoms with Crippen LogP contribution in [0.15, 0.2) is 35.5 Å². The van der Waals surface area contributed by atoms with Gasteiger partial charge in [0.15, 0.2) is 0 Å². The maximum absolute atomic E-state index is 6.34. The Labute approximate surface area is 125 Å². The van der Waals surface area contributed by atoms with Gasteiger partial charge in [-0.1, -0.05) is 24.6 Å². The number of nitrogens with zero attached hydrogens (tertiary/aromatic N) is 2. The molecule has 0 saturated heterocycles. The maximum atomic E-state index is 6.34. The molecule has 2 aromatic rings. The molecule has 0 fully saturated rings. The third-order valence-electron chi connectivity index (χ3n) is 3.51. The molecule has 0 spiro atoms. The summed E-state index contributed by atoms with van der Waals surface area (Å²) in [5, 5.41) is 4.53. The van der Waals surface area contributed by atoms with E-state index in [1.54, 1.807) is 0 Å². The largest absolute Gasteiger partial charge is 0.326 e. The lowest BCUT2D eigenvalue weighted by atomic mass is 10.1. The molecule has 2 rings (SSSR count). The molecule has 1 aromatic carbocycles. The number of nitrogens with two attached hydrogens (primary N) is 1. The molecule has 0 amide bonds. The molecule has 1 aromatic heterocycles. The van der Waals surface area contributed by atoms with Crippen molar-refractivity contribution in [3.63, 3.8) is 0 Å². The standard InChI is InChI=1S/C16H23N3S/c1-5-14(17)16(13-9-18-19(4)10-13)20-15-8-11(2)6-7-12(15)3/h6-10,14,16H,5,17H2,1-4H3. The van der Waals surface area contributed by atoms with E-state index in [1.165, 1.54) is 21.6 Å². The number of aromatic nitrogens is 2. The van der Waals surface area contributed by atoms with Gasteiger partial charge < -0.3 is 5.73 Å². The topological polar surface area (TPSA) is 43.8 Å². The van der Waals surface area contributed by atoms with Crippen LogP contribution in [0.4, 0.5) is 0 Å². The van der Waals surface area contributed by atoms with Crippen LogP contribution < -0.4 is 5.73 Å². The van der Waals surface area contributed by atoms with E-state index in [2.05, 4.69) is 50.3 Å². The van der Waals surface area contributed by atoms with Crippen LogP contribution in [-0.2, 0) is 7.05 Å². The molecule has 1 heterocycles. The highest BCUT2D eigenvalue weighted by molar-refractivity contribution is 7.99. The molecule has 2 unspecified atom stereocenters. The average molecular weight is 289 g/mol. The van der Waals surface area contributed by atoms with E-state index < -0.39 is 0 Å². The van der Waals surface area contributed by atoms with Crippen LogP contribution in [0.1, 0.15) is 35.3 Å². The Morgan fingerprint density at radius 3 is 2.70 bits per heavy atom. The Kier molecular flexibility index (Phi) is 4.89. The van der Waals surface area contributed by atoms with E-state index in [0.717, 1.165) is 6.42 Å². The summed E-state index contributed by atoms with van der Waals surface area (Å²) in [4.78, 5) is 1.31. The maximum Gasteiger partial charge on any atom is 0.0533 e. The average Bonchev–Trinajstić information content (AvgIpc) is 2.85. The molecular weight excluding hydrogens is 266 g/mol. The number of hydrogen-bond donors (Lipinski definition) is 1. The predicted molar refractivity (Wildman–Crippen MR) is 86.0 cm³/mol. The van der Waals surface area contributed by atoms with Gasteiger partial charge in [0, 0.05) is 29.7 Å². The van der Waals surface area contributed by atoms with Crippen LogP contribution in [0.3, 0.4) is 0 Å². The normalized spacial score (nSPS) is 14.2. The fraction of sp³-hybridized carbons (Fsp3) is 0.438. The first-order valence-electron chi connectivity index (χ1n) is 6.99. The monoisotopic (exact) mass is 289 g/mol. The van der Waals surface area contributed by atoms with Crippen LogP contribution in [0, 0.1) is 13.8 Å². The lowest BCUT2D eigenvalue weighted by Gasteiger charge is -2.22. The van der Waals surface area contributed by atoms with Crippen molar-refractivity contribution in [2.75, 3.05) is 0 Å². The van der Waals surface area contributed by atoms with Gasteiger partial charge in [-0.25, -0.2) is 0 Å². The zero-order valence-corrected chi connectivity index (χ0v) is 13.4. The van der Waals surface area contributed by atoms with E-state index in [1.807, 2.05) is 29.7 Å². The number of benzene rings is 1. The van der Waals surface area contributed by atoms with E-state index in [-0.39, 0.29) is 11.3 Å². The van der Waals surface area contributed by atoms with Crippen molar-refractivity contribution >= 4 is 11.8 Å². The molecule has 0 bridgehead atoms. The Balaban J connectivity index is 2.30. The smallest absolute Gasteiger partial charge is 0.0533 e. The van der Waals surface area contributed by atoms with Crippen molar-refractivity contribution in [3.05, 3.63) is 47.3 Å². The van der Waals surface area contributed by atoms with E-state index in [0.29, 0.717) is 0 Å². The summed E-state index contributed by atoms with van der Waals surface area (Å²) >= 11 is 1.85. The van der Waals surface area contributed by atoms with E-state index in [9.17, 15) is 0 Å². The Morgan fingerprint density at radius 2 is 2.10 bits per heavy atom. The van der Waals surface area contributed by atoms with E-state index >= 15 is 0 Å². The van der Waals surface area contributed by atoms with Crippen molar-refractivity contribution in [3.8, 4) is 0 Å². The summed E-state index contributed by atoms with van der Waals surface area (Å²) in [6.07, 6.45) is 4.95. The first-order chi connectivity index (χ1) is 9.51. The minimum Gasteiger partial charge on any atom is -0.326 e. The molecule has 20 heavy (non-hydrogen) atoms. The third-order valence-corrected chi connectivity index (χ3v) is 5.08. The zero-order valence-electron chi connectivity index (χ0n) is 12.6. The SMILES string of the molecule is CCC(N)C(Sc1cc(C)ccc1C)c1cnn(C)c1. The van der Waals surface area contributed by atoms with Gasteiger partial charge in [0.25, 0.3) is 0 Å². The molecule has 3 nitrogen and oxygen atoms in total. The van der Waals surface area contributed by atoms with Crippen LogP contribution in [0.2, 0.25) is 0 Å². The highest BCUT2D eigenvalue weighted by Crippen LogP contribution is 2.39. The van der Waals surface area contributed by atoms with E-state index in [4.69, 9.17) is 5.73 Å². The highest BCUT2D eigenvalue weighted by Gasteiger charge is 2.22. The minimum atomic E-state index is 0.129. The van der Waals surface area contributed by atoms with Gasteiger partial charge in [0.05, 0.1) is 11.4 Å². The quantitative estimate of drug-likeness (QED) is 0.855. The van der Waals surface area contributed by atoms with Crippen molar-refractivity contribution in [2.45, 2.75) is 43.4 Å². The van der Waals surface area contributed by atoms with Gasteiger partial charge in [0.2, 0.25) is 0 Å². The predicted octanol–water partition coefficient (Wildman–Crippen LogP) is 3.61. The number of rotatable bonds is 5. The highest BCUT2D eigenvalue weighted by atomic mass is 32.2. The molecule has 4 heteroatoms. The van der Waals surface area contributed by atoms with Gasteiger partial charge in [-0.05, 0) is 31.9 Å². The first-order valence-corrected chi connectivity index (χ1v) is 7.87. The Hall–Kier alpha value is -1.26. The molecule has 0 radical (unpaired) electrons. The fourth-order valence-corrected chi connectivity index (χ4v) is 3.58. The van der Waals surface area contributed by atoms with Gasteiger partial charge in [-0.3, -0.25) is 4.68 Å². The zero-order chi connectivity index (χ0) is 14.7. The van der Waals surface area contributed by atoms with Crippen LogP contribution in [-0.4, -0.2) is 15.8 Å². The van der Waals surface area contributed by atoms with Gasteiger partial charge in [0.1, 0.15) is 0 Å². The molecule has 108 valence electrons. The lowest BCUT2D eigenvalue weighted by Crippen LogP contribution is -2.25. The summed E-state index contributed by atoms with van der Waals surface area (Å²) in [5.41, 5.74) is 10.1. The molecule has 0 saturated carbocycles. The number of hydrogen-bond acceptors (Lipinski definition) is 3. The van der Waals surface area contributed by atoms with Crippen LogP contribution in [0.5, 0.6) is 0 Å². The van der Waals surface area contributed by atoms with Crippen LogP contribution in [0.25, 0.3) is 0 Å². The second kappa shape index (κ2) is 6.46. The van der Waals surface area contributed by atoms with Gasteiger partial charge in [-0.15, -0.1) is 11.8 Å². The van der Waals surface area contributed by atoms with Crippen molar-refractivity contribution in [1.82, 2.24) is 9.78 Å². The summed E-state index contributed by atoms with van der Waals surface area (Å²) < 4.78 is 1.84. The summed E-state index contributed by atoms with van der Waals surface area (Å²) in [6.45, 7) is 6.42. The van der Waals surface area contributed by atoms with Crippen molar-refractivity contribution in [2.24, 2.45) is 12.8 Å². The minimum absolute atomic E-state index is 0.129. The van der Waals surface area contributed by atoms with Crippen molar-refractivity contribution in [1.29, 1.82) is 0 Å². The second-order valence-corrected chi connectivity index (χ2v) is 6.51. The fourth-order valence-electron chi connectivity index (χ4n) is 2.17. The summed E-state index contributed by atoms with van der Waals surface area (Å²) in [5.74, 6) is 0. The molecular formula is C16H23N3S. The Morgan fingerprint density at radius 1 is 1.35 bits per heavy atom. The molecule has 0 aliphatic rings. The second-order valence-electron chi connectivity index (χ2n) is 5.33. The molecule has 2 N–H and O–H groups in total. The van der Waals surface area contributed by atoms with Gasteiger partial charge >= 0.3 is 0 Å². The Bertz CT molecular complexity index is 577. The third kappa shape index (κ3) is 3.44. The molecule has 0 aliphatic heterocycles. The number of aryl methyl sites for hydroxylation is 3. The summed E-state index contributed by atoms with van der Waals surface area (Å²) in [6, 6.07) is 6.70. The van der Waals surface area contributed by atoms with Crippen LogP contribution >= 0.6 is 11.8 Å². The molecule has 0 aliphatic carbocycles. The lowest BCUT2D eigenvalue weighted by molar-refractivity contribution is 0.633. The molecule has 2 atom stereocenters. The van der Waals surface area contributed by atoms with Crippen molar-refractivity contribution < 1.29 is 0 Å².